The summed E-state index contributed by atoms with van der Waals surface area (Å²) < 4.78 is 5.86. The lowest BCUT2D eigenvalue weighted by atomic mass is 10.2. The van der Waals surface area contributed by atoms with Crippen LogP contribution < -0.4 is 20.7 Å². The Bertz CT molecular complexity index is 1210. The number of benzene rings is 2. The maximum Gasteiger partial charge on any atom is 0.314 e. The molecule has 4 rings (SSSR count). The van der Waals surface area contributed by atoms with Gasteiger partial charge in [0, 0.05) is 30.7 Å². The van der Waals surface area contributed by atoms with Gasteiger partial charge in [-0.3, -0.25) is 0 Å². The first-order valence-electron chi connectivity index (χ1n) is 10.2. The minimum absolute atomic E-state index is 0.230. The average molecular weight is 451 g/mol. The second-order valence-electron chi connectivity index (χ2n) is 7.00. The van der Waals surface area contributed by atoms with Crippen LogP contribution in [-0.2, 0) is 6.61 Å². The number of urea groups is 1. The van der Waals surface area contributed by atoms with Crippen molar-refractivity contribution in [3.8, 4) is 17.1 Å². The summed E-state index contributed by atoms with van der Waals surface area (Å²) in [4.78, 5) is 24.1. The number of hydrogen-bond acceptors (Lipinski definition) is 5. The molecule has 2 aromatic carbocycles. The van der Waals surface area contributed by atoms with Gasteiger partial charge >= 0.3 is 6.03 Å². The molecule has 8 nitrogen and oxygen atoms in total. The Morgan fingerprint density at radius 3 is 2.69 bits per heavy atom. The standard InChI is InChI=1S/C23H23ClN6O2/c1-25-23(31)27-11-10-26-21-19-13-17(14-32-18-9-5-8-16(24)12-18)28-22(19)30-20(29-21)15-6-3-2-4-7-15/h2-9,12-13H,10-11,14H2,1H3,(H2,25,27,31)(H2,26,28,29,30). The topological polar surface area (TPSA) is 104 Å². The molecule has 4 aromatic rings. The number of amides is 2. The number of rotatable bonds is 8. The van der Waals surface area contributed by atoms with E-state index in [4.69, 9.17) is 26.3 Å². The van der Waals surface area contributed by atoms with E-state index in [-0.39, 0.29) is 6.03 Å². The summed E-state index contributed by atoms with van der Waals surface area (Å²) in [6.07, 6.45) is 0. The molecule has 0 saturated heterocycles. The van der Waals surface area contributed by atoms with Crippen LogP contribution in [-0.4, -0.2) is 41.1 Å². The molecule has 0 spiro atoms. The fraction of sp³-hybridized carbons (Fsp3) is 0.174. The van der Waals surface area contributed by atoms with Gasteiger partial charge in [-0.05, 0) is 24.3 Å². The van der Waals surface area contributed by atoms with Crippen LogP contribution in [0.15, 0.2) is 60.7 Å². The van der Waals surface area contributed by atoms with Gasteiger partial charge in [-0.25, -0.2) is 14.8 Å². The number of ether oxygens (including phenoxy) is 1. The predicted octanol–water partition coefficient (Wildman–Crippen LogP) is 4.20. The van der Waals surface area contributed by atoms with E-state index in [0.29, 0.717) is 47.8 Å². The van der Waals surface area contributed by atoms with E-state index in [9.17, 15) is 4.79 Å². The van der Waals surface area contributed by atoms with Crippen molar-refractivity contribution < 1.29 is 9.53 Å². The molecule has 0 atom stereocenters. The molecule has 0 bridgehead atoms. The van der Waals surface area contributed by atoms with Gasteiger partial charge in [-0.1, -0.05) is 48.0 Å². The first-order valence-corrected chi connectivity index (χ1v) is 10.5. The third-order valence-corrected chi connectivity index (χ3v) is 4.93. The highest BCUT2D eigenvalue weighted by molar-refractivity contribution is 6.30. The van der Waals surface area contributed by atoms with E-state index in [0.717, 1.165) is 16.6 Å². The van der Waals surface area contributed by atoms with Gasteiger partial charge < -0.3 is 25.7 Å². The van der Waals surface area contributed by atoms with Gasteiger partial charge in [0.25, 0.3) is 0 Å². The maximum atomic E-state index is 11.4. The molecule has 0 saturated carbocycles. The number of anilines is 1. The molecule has 0 aliphatic carbocycles. The Morgan fingerprint density at radius 2 is 1.91 bits per heavy atom. The van der Waals surface area contributed by atoms with Crippen molar-refractivity contribution in [2.45, 2.75) is 6.61 Å². The van der Waals surface area contributed by atoms with Gasteiger partial charge in [-0.15, -0.1) is 0 Å². The molecule has 32 heavy (non-hydrogen) atoms. The highest BCUT2D eigenvalue weighted by Gasteiger charge is 2.13. The molecule has 2 heterocycles. The Kier molecular flexibility index (Phi) is 6.72. The van der Waals surface area contributed by atoms with E-state index >= 15 is 0 Å². The van der Waals surface area contributed by atoms with Crippen LogP contribution in [0.4, 0.5) is 10.6 Å². The minimum atomic E-state index is -0.230. The highest BCUT2D eigenvalue weighted by Crippen LogP contribution is 2.26. The van der Waals surface area contributed by atoms with Crippen molar-refractivity contribution in [1.29, 1.82) is 0 Å². The second kappa shape index (κ2) is 10.0. The van der Waals surface area contributed by atoms with Gasteiger partial charge in [0.2, 0.25) is 0 Å². The van der Waals surface area contributed by atoms with Crippen LogP contribution in [0.3, 0.4) is 0 Å². The van der Waals surface area contributed by atoms with Crippen LogP contribution in [0, 0.1) is 0 Å². The van der Waals surface area contributed by atoms with Gasteiger partial charge in [-0.2, -0.15) is 0 Å². The lowest BCUT2D eigenvalue weighted by Gasteiger charge is -2.09. The third-order valence-electron chi connectivity index (χ3n) is 4.70. The van der Waals surface area contributed by atoms with E-state index < -0.39 is 0 Å². The molecular formula is C23H23ClN6O2. The molecule has 0 aliphatic heterocycles. The summed E-state index contributed by atoms with van der Waals surface area (Å²) in [5.74, 6) is 1.97. The molecular weight excluding hydrogens is 428 g/mol. The summed E-state index contributed by atoms with van der Waals surface area (Å²) >= 11 is 6.03. The van der Waals surface area contributed by atoms with Gasteiger partial charge in [0.15, 0.2) is 5.82 Å². The van der Waals surface area contributed by atoms with E-state index in [2.05, 4.69) is 20.9 Å². The van der Waals surface area contributed by atoms with E-state index in [1.54, 1.807) is 19.2 Å². The van der Waals surface area contributed by atoms with Crippen molar-refractivity contribution in [1.82, 2.24) is 25.6 Å². The van der Waals surface area contributed by atoms with Crippen molar-refractivity contribution in [3.05, 3.63) is 71.4 Å². The Hall–Kier alpha value is -3.78. The minimum Gasteiger partial charge on any atom is -0.487 e. The third kappa shape index (κ3) is 5.28. The first-order chi connectivity index (χ1) is 15.6. The lowest BCUT2D eigenvalue weighted by molar-refractivity contribution is 0.243. The SMILES string of the molecule is CNC(=O)NCCNc1nc(-c2ccccc2)nc2[nH]c(COc3cccc(Cl)c3)cc12. The Morgan fingerprint density at radius 1 is 1.06 bits per heavy atom. The van der Waals surface area contributed by atoms with Crippen molar-refractivity contribution in [2.75, 3.05) is 25.5 Å². The molecule has 0 fully saturated rings. The van der Waals surface area contributed by atoms with Crippen LogP contribution in [0.2, 0.25) is 5.02 Å². The zero-order valence-corrected chi connectivity index (χ0v) is 18.2. The summed E-state index contributed by atoms with van der Waals surface area (Å²) in [6, 6.07) is 18.8. The zero-order valence-electron chi connectivity index (χ0n) is 17.5. The normalized spacial score (nSPS) is 10.7. The smallest absolute Gasteiger partial charge is 0.314 e. The molecule has 4 N–H and O–H groups in total. The van der Waals surface area contributed by atoms with Crippen molar-refractivity contribution in [2.24, 2.45) is 0 Å². The Balaban J connectivity index is 1.58. The number of aromatic nitrogens is 3. The van der Waals surface area contributed by atoms with Crippen LogP contribution in [0.5, 0.6) is 5.75 Å². The predicted molar refractivity (Wildman–Crippen MR) is 126 cm³/mol. The van der Waals surface area contributed by atoms with Crippen molar-refractivity contribution in [3.63, 3.8) is 0 Å². The maximum absolute atomic E-state index is 11.4. The number of H-pyrrole nitrogens is 1. The average Bonchev–Trinajstić information content (AvgIpc) is 3.24. The monoisotopic (exact) mass is 450 g/mol. The number of carbonyl (C=O) groups excluding carboxylic acids is 1. The highest BCUT2D eigenvalue weighted by atomic mass is 35.5. The van der Waals surface area contributed by atoms with Gasteiger partial charge in [0.05, 0.1) is 11.1 Å². The second-order valence-corrected chi connectivity index (χ2v) is 7.43. The lowest BCUT2D eigenvalue weighted by Crippen LogP contribution is -2.35. The summed E-state index contributed by atoms with van der Waals surface area (Å²) in [5.41, 5.74) is 2.46. The zero-order chi connectivity index (χ0) is 22.3. The first kappa shape index (κ1) is 21.5. The van der Waals surface area contributed by atoms with Gasteiger partial charge in [0.1, 0.15) is 23.8 Å². The van der Waals surface area contributed by atoms with Crippen LogP contribution in [0.1, 0.15) is 5.69 Å². The summed E-state index contributed by atoms with van der Waals surface area (Å²) in [6.45, 7) is 1.28. The number of carbonyl (C=O) groups is 1. The number of nitrogens with one attached hydrogen (secondary N) is 4. The molecule has 0 radical (unpaired) electrons. The Labute approximate surface area is 190 Å². The number of aromatic amines is 1. The molecule has 2 aromatic heterocycles. The van der Waals surface area contributed by atoms with Crippen LogP contribution in [0.25, 0.3) is 22.4 Å². The van der Waals surface area contributed by atoms with E-state index in [1.807, 2.05) is 48.5 Å². The van der Waals surface area contributed by atoms with Crippen LogP contribution >= 0.6 is 11.6 Å². The summed E-state index contributed by atoms with van der Waals surface area (Å²) in [7, 11) is 1.58. The molecule has 0 unspecified atom stereocenters. The van der Waals surface area contributed by atoms with E-state index in [1.165, 1.54) is 0 Å². The molecule has 9 heteroatoms. The fourth-order valence-electron chi connectivity index (χ4n) is 3.16. The molecule has 0 aliphatic rings. The number of halogens is 1. The number of fused-ring (bicyclic) bond motifs is 1. The number of nitrogens with zero attached hydrogens (tertiary/aromatic N) is 2. The van der Waals surface area contributed by atoms with Crippen molar-refractivity contribution >= 4 is 34.5 Å². The fourth-order valence-corrected chi connectivity index (χ4v) is 3.34. The molecule has 164 valence electrons. The molecule has 2 amide bonds. The largest absolute Gasteiger partial charge is 0.487 e. The summed E-state index contributed by atoms with van der Waals surface area (Å²) in [5, 5.41) is 10.0. The number of hydrogen-bond donors (Lipinski definition) is 4. The quantitative estimate of drug-likeness (QED) is 0.301.